The summed E-state index contributed by atoms with van der Waals surface area (Å²) in [6.07, 6.45) is 4.58. The van der Waals surface area contributed by atoms with Crippen LogP contribution < -0.4 is 5.32 Å². The van der Waals surface area contributed by atoms with Crippen molar-refractivity contribution in [2.75, 3.05) is 5.32 Å². The van der Waals surface area contributed by atoms with Gasteiger partial charge in [-0.15, -0.1) is 6.58 Å². The third kappa shape index (κ3) is 3.12. The number of halogens is 1. The number of nitrogens with zero attached hydrogens (tertiary/aromatic N) is 1. The van der Waals surface area contributed by atoms with Gasteiger partial charge in [0.05, 0.1) is 11.6 Å². The molecule has 0 spiro atoms. The van der Waals surface area contributed by atoms with Crippen LogP contribution in [0.3, 0.4) is 0 Å². The Bertz CT molecular complexity index is 776. The van der Waals surface area contributed by atoms with Crippen LogP contribution in [0.25, 0.3) is 10.9 Å². The summed E-state index contributed by atoms with van der Waals surface area (Å²) >= 11 is 5.95. The van der Waals surface area contributed by atoms with Gasteiger partial charge in [0.25, 0.3) is 0 Å². The van der Waals surface area contributed by atoms with Crippen LogP contribution in [0.2, 0.25) is 5.02 Å². The minimum absolute atomic E-state index is 0.122. The van der Waals surface area contributed by atoms with E-state index in [2.05, 4.69) is 41.1 Å². The van der Waals surface area contributed by atoms with Crippen molar-refractivity contribution in [1.29, 1.82) is 0 Å². The van der Waals surface area contributed by atoms with E-state index in [1.54, 1.807) is 0 Å². The number of anilines is 1. The summed E-state index contributed by atoms with van der Waals surface area (Å²) in [5, 5.41) is 5.42. The highest BCUT2D eigenvalue weighted by Crippen LogP contribution is 2.28. The van der Waals surface area contributed by atoms with Gasteiger partial charge in [0.1, 0.15) is 0 Å². The molecule has 3 rings (SSSR count). The van der Waals surface area contributed by atoms with Gasteiger partial charge in [-0.25, -0.2) is 0 Å². The summed E-state index contributed by atoms with van der Waals surface area (Å²) < 4.78 is 0. The van der Waals surface area contributed by atoms with Gasteiger partial charge in [-0.2, -0.15) is 0 Å². The average Bonchev–Trinajstić information content (AvgIpc) is 2.56. The maximum atomic E-state index is 5.95. The Kier molecular flexibility index (Phi) is 4.40. The van der Waals surface area contributed by atoms with E-state index < -0.39 is 0 Å². The lowest BCUT2D eigenvalue weighted by Gasteiger charge is -2.20. The van der Waals surface area contributed by atoms with E-state index in [0.29, 0.717) is 0 Å². The number of hydrogen-bond acceptors (Lipinski definition) is 2. The van der Waals surface area contributed by atoms with Gasteiger partial charge in [-0.3, -0.25) is 4.98 Å². The maximum absolute atomic E-state index is 5.95. The van der Waals surface area contributed by atoms with Crippen LogP contribution in [0.5, 0.6) is 0 Å². The second kappa shape index (κ2) is 6.63. The Balaban J connectivity index is 1.99. The number of para-hydroxylation sites is 1. The summed E-state index contributed by atoms with van der Waals surface area (Å²) in [5.41, 5.74) is 3.23. The van der Waals surface area contributed by atoms with Crippen LogP contribution in [0.4, 0.5) is 5.69 Å². The van der Waals surface area contributed by atoms with E-state index in [9.17, 15) is 0 Å². The fraction of sp³-hybridized carbons (Fsp3) is 0.105. The molecule has 0 aliphatic rings. The normalized spacial score (nSPS) is 12.0. The molecule has 1 unspecified atom stereocenters. The number of pyridine rings is 1. The quantitative estimate of drug-likeness (QED) is 0.619. The van der Waals surface area contributed by atoms with Gasteiger partial charge < -0.3 is 5.32 Å². The molecule has 0 aliphatic heterocycles. The maximum Gasteiger partial charge on any atom is 0.0754 e. The Morgan fingerprint density at radius 3 is 2.64 bits per heavy atom. The number of fused-ring (bicyclic) bond motifs is 1. The molecule has 2 nitrogen and oxygen atoms in total. The zero-order valence-corrected chi connectivity index (χ0v) is 12.9. The molecule has 0 radical (unpaired) electrons. The lowest BCUT2D eigenvalue weighted by molar-refractivity contribution is 0.804. The second-order valence-corrected chi connectivity index (χ2v) is 5.59. The molecule has 3 heteroatoms. The Labute approximate surface area is 135 Å². The van der Waals surface area contributed by atoms with Crippen molar-refractivity contribution < 1.29 is 0 Å². The van der Waals surface area contributed by atoms with Crippen molar-refractivity contribution in [2.24, 2.45) is 0 Å². The van der Waals surface area contributed by atoms with Crippen molar-refractivity contribution in [3.63, 3.8) is 0 Å². The molecule has 3 aromatic rings. The number of benzene rings is 2. The number of hydrogen-bond donors (Lipinski definition) is 1. The van der Waals surface area contributed by atoms with Crippen LogP contribution >= 0.6 is 11.6 Å². The monoisotopic (exact) mass is 308 g/mol. The summed E-state index contributed by atoms with van der Waals surface area (Å²) in [6, 6.07) is 18.2. The first-order valence-corrected chi connectivity index (χ1v) is 7.62. The third-order valence-corrected chi connectivity index (χ3v) is 3.88. The molecule has 1 aromatic heterocycles. The van der Waals surface area contributed by atoms with E-state index >= 15 is 0 Å². The Hall–Kier alpha value is -2.32. The Morgan fingerprint density at radius 1 is 1.09 bits per heavy atom. The first kappa shape index (κ1) is 14.6. The highest BCUT2D eigenvalue weighted by atomic mass is 35.5. The first-order chi connectivity index (χ1) is 10.8. The van der Waals surface area contributed by atoms with E-state index in [-0.39, 0.29) is 6.04 Å². The second-order valence-electron chi connectivity index (χ2n) is 5.15. The molecule has 1 atom stereocenters. The molecule has 2 aromatic carbocycles. The third-order valence-electron chi connectivity index (χ3n) is 3.63. The fourth-order valence-electron chi connectivity index (χ4n) is 2.59. The zero-order chi connectivity index (χ0) is 15.4. The van der Waals surface area contributed by atoms with Crippen LogP contribution in [-0.2, 0) is 0 Å². The van der Waals surface area contributed by atoms with Gasteiger partial charge in [0.2, 0.25) is 0 Å². The molecule has 0 saturated heterocycles. The van der Waals surface area contributed by atoms with Crippen LogP contribution in [0, 0.1) is 0 Å². The zero-order valence-electron chi connectivity index (χ0n) is 12.2. The highest BCUT2D eigenvalue weighted by molar-refractivity contribution is 6.30. The molecule has 0 saturated carbocycles. The van der Waals surface area contributed by atoms with E-state index in [1.165, 1.54) is 5.56 Å². The van der Waals surface area contributed by atoms with Crippen molar-refractivity contribution in [3.8, 4) is 0 Å². The van der Waals surface area contributed by atoms with Crippen molar-refractivity contribution in [2.45, 2.75) is 12.5 Å². The first-order valence-electron chi connectivity index (χ1n) is 7.24. The minimum Gasteiger partial charge on any atom is -0.378 e. The molecule has 0 aliphatic carbocycles. The molecule has 0 bridgehead atoms. The van der Waals surface area contributed by atoms with Crippen LogP contribution in [0.15, 0.2) is 73.4 Å². The molecule has 22 heavy (non-hydrogen) atoms. The van der Waals surface area contributed by atoms with Gasteiger partial charge in [0.15, 0.2) is 0 Å². The molecule has 0 fully saturated rings. The van der Waals surface area contributed by atoms with Gasteiger partial charge in [-0.1, -0.05) is 41.9 Å². The predicted molar refractivity (Wildman–Crippen MR) is 94.4 cm³/mol. The molecular formula is C19H17ClN2. The van der Waals surface area contributed by atoms with E-state index in [0.717, 1.165) is 28.0 Å². The average molecular weight is 309 g/mol. The number of nitrogens with one attached hydrogen (secondary N) is 1. The van der Waals surface area contributed by atoms with Gasteiger partial charge in [0, 0.05) is 27.9 Å². The topological polar surface area (TPSA) is 24.9 Å². The lowest BCUT2D eigenvalue weighted by Crippen LogP contribution is -2.10. The summed E-state index contributed by atoms with van der Waals surface area (Å²) in [4.78, 5) is 4.54. The predicted octanol–water partition coefficient (Wildman–Crippen LogP) is 5.62. The number of aromatic nitrogens is 1. The minimum atomic E-state index is 0.122. The largest absolute Gasteiger partial charge is 0.378 e. The summed E-state index contributed by atoms with van der Waals surface area (Å²) in [6.45, 7) is 3.88. The molecule has 1 heterocycles. The lowest BCUT2D eigenvalue weighted by atomic mass is 10.00. The smallest absolute Gasteiger partial charge is 0.0754 e. The molecule has 0 amide bonds. The van der Waals surface area contributed by atoms with Crippen molar-refractivity contribution >= 4 is 28.2 Å². The van der Waals surface area contributed by atoms with Crippen molar-refractivity contribution in [3.05, 3.63) is 84.0 Å². The SMILES string of the molecule is C=CCC(Nc1ccc(Cl)cc1)c1cccc2cccnc12. The highest BCUT2D eigenvalue weighted by Gasteiger charge is 2.13. The van der Waals surface area contributed by atoms with Gasteiger partial charge in [-0.05, 0) is 36.8 Å². The van der Waals surface area contributed by atoms with E-state index in [1.807, 2.05) is 42.6 Å². The number of rotatable bonds is 5. The molecule has 1 N–H and O–H groups in total. The molecular weight excluding hydrogens is 292 g/mol. The fourth-order valence-corrected chi connectivity index (χ4v) is 2.71. The summed E-state index contributed by atoms with van der Waals surface area (Å²) in [7, 11) is 0. The van der Waals surface area contributed by atoms with Crippen molar-refractivity contribution in [1.82, 2.24) is 4.98 Å². The molecule has 110 valence electrons. The van der Waals surface area contributed by atoms with E-state index in [4.69, 9.17) is 11.6 Å². The van der Waals surface area contributed by atoms with Gasteiger partial charge >= 0.3 is 0 Å². The standard InChI is InChI=1S/C19H17ClN2/c1-2-5-18(22-16-11-9-15(20)10-12-16)17-8-3-6-14-7-4-13-21-19(14)17/h2-4,6-13,18,22H,1,5H2. The summed E-state index contributed by atoms with van der Waals surface area (Å²) in [5.74, 6) is 0. The van der Waals surface area contributed by atoms with Crippen LogP contribution in [-0.4, -0.2) is 4.98 Å². The van der Waals surface area contributed by atoms with Crippen LogP contribution in [0.1, 0.15) is 18.0 Å². The Morgan fingerprint density at radius 2 is 1.86 bits per heavy atom.